The fourth-order valence-electron chi connectivity index (χ4n) is 3.78. The Labute approximate surface area is 161 Å². The average Bonchev–Trinajstić information content (AvgIpc) is 2.72. The van der Waals surface area contributed by atoms with E-state index in [2.05, 4.69) is 17.4 Å². The number of unbranched alkanes of at least 4 members (excludes halogenated alkanes) is 1. The van der Waals surface area contributed by atoms with Crippen LogP contribution in [0.1, 0.15) is 62.8 Å². The average molecular weight is 373 g/mol. The Morgan fingerprint density at radius 3 is 2.67 bits per heavy atom. The van der Waals surface area contributed by atoms with Gasteiger partial charge in [-0.15, -0.1) is 0 Å². The van der Waals surface area contributed by atoms with Crippen LogP contribution in [-0.4, -0.2) is 36.6 Å². The summed E-state index contributed by atoms with van der Waals surface area (Å²) < 4.78 is 11.7. The third-order valence-electron chi connectivity index (χ3n) is 5.31. The number of hydrogen-bond donors (Lipinski definition) is 2. The van der Waals surface area contributed by atoms with Crippen molar-refractivity contribution in [3.05, 3.63) is 47.7 Å². The molecule has 148 valence electrons. The molecule has 2 aliphatic rings. The summed E-state index contributed by atoms with van der Waals surface area (Å²) in [5.41, 5.74) is 1.16. The Morgan fingerprint density at radius 1 is 1.15 bits per heavy atom. The van der Waals surface area contributed by atoms with Gasteiger partial charge in [0.2, 0.25) is 6.29 Å². The van der Waals surface area contributed by atoms with E-state index in [9.17, 15) is 4.79 Å². The van der Waals surface area contributed by atoms with Crippen molar-refractivity contribution in [2.24, 2.45) is 0 Å². The molecule has 1 aliphatic heterocycles. The molecule has 5 nitrogen and oxygen atoms in total. The van der Waals surface area contributed by atoms with Gasteiger partial charge in [-0.3, -0.25) is 4.79 Å². The first kappa shape index (κ1) is 19.9. The molecule has 1 fully saturated rings. The minimum atomic E-state index is -0.439. The Balaban J connectivity index is 1.66. The SMILES string of the molecule is O=C(NC1CCCCC1)C1=C[C@H](c2ccccc2)C[C@H](OCCCCO)O1. The first-order valence-electron chi connectivity index (χ1n) is 10.2. The van der Waals surface area contributed by atoms with Gasteiger partial charge in [-0.05, 0) is 37.3 Å². The van der Waals surface area contributed by atoms with Crippen LogP contribution < -0.4 is 5.32 Å². The third kappa shape index (κ3) is 6.08. The summed E-state index contributed by atoms with van der Waals surface area (Å²) in [7, 11) is 0. The third-order valence-corrected chi connectivity index (χ3v) is 5.31. The van der Waals surface area contributed by atoms with Crippen LogP contribution >= 0.6 is 0 Å². The van der Waals surface area contributed by atoms with Gasteiger partial charge in [0.25, 0.3) is 5.91 Å². The molecule has 1 aromatic carbocycles. The van der Waals surface area contributed by atoms with E-state index < -0.39 is 6.29 Å². The van der Waals surface area contributed by atoms with E-state index in [4.69, 9.17) is 14.6 Å². The molecule has 27 heavy (non-hydrogen) atoms. The minimum absolute atomic E-state index is 0.0925. The highest BCUT2D eigenvalue weighted by molar-refractivity contribution is 5.92. The molecule has 0 bridgehead atoms. The van der Waals surface area contributed by atoms with E-state index in [1.807, 2.05) is 24.3 Å². The lowest BCUT2D eigenvalue weighted by Gasteiger charge is -2.30. The summed E-state index contributed by atoms with van der Waals surface area (Å²) in [6, 6.07) is 10.4. The van der Waals surface area contributed by atoms with Crippen molar-refractivity contribution in [3.63, 3.8) is 0 Å². The molecular formula is C22H31NO4. The number of nitrogens with one attached hydrogen (secondary N) is 1. The zero-order valence-electron chi connectivity index (χ0n) is 15.9. The van der Waals surface area contributed by atoms with E-state index >= 15 is 0 Å². The predicted octanol–water partition coefficient (Wildman–Crippen LogP) is 3.64. The highest BCUT2D eigenvalue weighted by Crippen LogP contribution is 2.31. The number of allylic oxidation sites excluding steroid dienone is 1. The van der Waals surface area contributed by atoms with Crippen molar-refractivity contribution >= 4 is 5.91 Å². The van der Waals surface area contributed by atoms with Gasteiger partial charge >= 0.3 is 0 Å². The summed E-state index contributed by atoms with van der Waals surface area (Å²) in [5.74, 6) is 0.328. The maximum absolute atomic E-state index is 12.8. The number of benzene rings is 1. The summed E-state index contributed by atoms with van der Waals surface area (Å²) >= 11 is 0. The lowest BCUT2D eigenvalue weighted by atomic mass is 9.92. The van der Waals surface area contributed by atoms with Crippen LogP contribution in [0.15, 0.2) is 42.2 Å². The van der Waals surface area contributed by atoms with Crippen molar-refractivity contribution in [1.82, 2.24) is 5.32 Å². The van der Waals surface area contributed by atoms with Crippen LogP contribution in [0.3, 0.4) is 0 Å². The van der Waals surface area contributed by atoms with Gasteiger partial charge in [0.05, 0.1) is 6.61 Å². The van der Waals surface area contributed by atoms with Gasteiger partial charge in [-0.1, -0.05) is 49.6 Å². The largest absolute Gasteiger partial charge is 0.459 e. The monoisotopic (exact) mass is 373 g/mol. The second kappa shape index (κ2) is 10.5. The van der Waals surface area contributed by atoms with Crippen LogP contribution in [-0.2, 0) is 14.3 Å². The Bertz CT molecular complexity index is 610. The zero-order chi connectivity index (χ0) is 18.9. The highest BCUT2D eigenvalue weighted by atomic mass is 16.7. The van der Waals surface area contributed by atoms with Crippen molar-refractivity contribution in [3.8, 4) is 0 Å². The van der Waals surface area contributed by atoms with Gasteiger partial charge in [0.15, 0.2) is 5.76 Å². The molecule has 1 aliphatic carbocycles. The molecule has 1 heterocycles. The molecule has 0 aromatic heterocycles. The number of aliphatic hydroxyl groups excluding tert-OH is 1. The molecule has 0 radical (unpaired) electrons. The first-order chi connectivity index (χ1) is 13.3. The molecule has 2 N–H and O–H groups in total. The molecular weight excluding hydrogens is 342 g/mol. The number of carbonyl (C=O) groups excluding carboxylic acids is 1. The first-order valence-corrected chi connectivity index (χ1v) is 10.2. The number of rotatable bonds is 8. The molecule has 0 saturated heterocycles. The lowest BCUT2D eigenvalue weighted by molar-refractivity contribution is -0.147. The van der Waals surface area contributed by atoms with Crippen molar-refractivity contribution < 1.29 is 19.4 Å². The number of carbonyl (C=O) groups is 1. The second-order valence-electron chi connectivity index (χ2n) is 7.44. The second-order valence-corrected chi connectivity index (χ2v) is 7.44. The summed E-state index contributed by atoms with van der Waals surface area (Å²) in [5, 5.41) is 12.1. The fraction of sp³-hybridized carbons (Fsp3) is 0.591. The van der Waals surface area contributed by atoms with Crippen molar-refractivity contribution in [1.29, 1.82) is 0 Å². The number of hydrogen-bond acceptors (Lipinski definition) is 4. The minimum Gasteiger partial charge on any atom is -0.459 e. The quantitative estimate of drug-likeness (QED) is 0.683. The summed E-state index contributed by atoms with van der Waals surface area (Å²) in [6.07, 6.45) is 9.35. The van der Waals surface area contributed by atoms with Gasteiger partial charge < -0.3 is 19.9 Å². The van der Waals surface area contributed by atoms with Crippen LogP contribution in [0.2, 0.25) is 0 Å². The van der Waals surface area contributed by atoms with Gasteiger partial charge in [-0.25, -0.2) is 0 Å². The van der Waals surface area contributed by atoms with Gasteiger partial charge in [-0.2, -0.15) is 0 Å². The van der Waals surface area contributed by atoms with Crippen molar-refractivity contribution in [2.45, 2.75) is 69.6 Å². The van der Waals surface area contributed by atoms with E-state index in [1.54, 1.807) is 0 Å². The maximum atomic E-state index is 12.8. The summed E-state index contributed by atoms with van der Waals surface area (Å²) in [4.78, 5) is 12.8. The van der Waals surface area contributed by atoms with Crippen molar-refractivity contribution in [2.75, 3.05) is 13.2 Å². The Morgan fingerprint density at radius 2 is 1.93 bits per heavy atom. The topological polar surface area (TPSA) is 67.8 Å². The summed E-state index contributed by atoms with van der Waals surface area (Å²) in [6.45, 7) is 0.681. The number of aliphatic hydroxyl groups is 1. The predicted molar refractivity (Wildman–Crippen MR) is 104 cm³/mol. The molecule has 1 saturated carbocycles. The van der Waals surface area contributed by atoms with Crippen LogP contribution in [0, 0.1) is 0 Å². The number of ether oxygens (including phenoxy) is 2. The zero-order valence-corrected chi connectivity index (χ0v) is 15.9. The van der Waals surface area contributed by atoms with Crippen LogP contribution in [0.4, 0.5) is 0 Å². The van der Waals surface area contributed by atoms with Crippen LogP contribution in [0.25, 0.3) is 0 Å². The lowest BCUT2D eigenvalue weighted by Crippen LogP contribution is -2.39. The Hall–Kier alpha value is -1.85. The maximum Gasteiger partial charge on any atom is 0.286 e. The van der Waals surface area contributed by atoms with Gasteiger partial charge in [0, 0.05) is 25.0 Å². The van der Waals surface area contributed by atoms with E-state index in [0.29, 0.717) is 25.2 Å². The number of amides is 1. The Kier molecular flexibility index (Phi) is 7.72. The molecule has 0 unspecified atom stereocenters. The molecule has 3 rings (SSSR count). The molecule has 1 aromatic rings. The normalized spacial score (nSPS) is 23.4. The highest BCUT2D eigenvalue weighted by Gasteiger charge is 2.29. The molecule has 5 heteroatoms. The van der Waals surface area contributed by atoms with E-state index in [0.717, 1.165) is 24.8 Å². The van der Waals surface area contributed by atoms with Crippen LogP contribution in [0.5, 0.6) is 0 Å². The van der Waals surface area contributed by atoms with E-state index in [1.165, 1.54) is 19.3 Å². The smallest absolute Gasteiger partial charge is 0.286 e. The standard InChI is InChI=1S/C22H31NO4/c24-13-7-8-14-26-21-16-18(17-9-3-1-4-10-17)15-20(27-21)22(25)23-19-11-5-2-6-12-19/h1,3-4,9-10,15,18-19,21,24H,2,5-8,11-14,16H2,(H,23,25)/t18-,21+/m0/s1. The molecule has 0 spiro atoms. The molecule has 1 amide bonds. The van der Waals surface area contributed by atoms with Gasteiger partial charge in [0.1, 0.15) is 0 Å². The fourth-order valence-corrected chi connectivity index (χ4v) is 3.78. The molecule has 2 atom stereocenters. The van der Waals surface area contributed by atoms with E-state index in [-0.39, 0.29) is 24.5 Å².